The molecule has 0 saturated heterocycles. The fourth-order valence-electron chi connectivity index (χ4n) is 2.80. The zero-order valence-corrected chi connectivity index (χ0v) is 12.4. The van der Waals surface area contributed by atoms with Crippen LogP contribution in [0, 0.1) is 5.82 Å². The van der Waals surface area contributed by atoms with Crippen LogP contribution in [0.1, 0.15) is 24.0 Å². The molecule has 114 valence electrons. The van der Waals surface area contributed by atoms with Crippen molar-refractivity contribution >= 4 is 11.7 Å². The number of rotatable bonds is 2. The van der Waals surface area contributed by atoms with Gasteiger partial charge in [0.25, 0.3) is 0 Å². The summed E-state index contributed by atoms with van der Waals surface area (Å²) in [6.07, 6.45) is 2.71. The fraction of sp³-hybridized carbons (Fsp3) is 0.278. The number of carbonyl (C=O) groups excluding carboxylic acids is 1. The average Bonchev–Trinajstić information content (AvgIpc) is 2.75. The number of hydrogen-bond acceptors (Lipinski definition) is 1. The van der Waals surface area contributed by atoms with Crippen LogP contribution in [0.5, 0.6) is 0 Å². The summed E-state index contributed by atoms with van der Waals surface area (Å²) in [6.45, 7) is 1.16. The van der Waals surface area contributed by atoms with E-state index in [1.165, 1.54) is 12.1 Å². The van der Waals surface area contributed by atoms with Crippen molar-refractivity contribution in [2.75, 3.05) is 11.4 Å². The van der Waals surface area contributed by atoms with E-state index < -0.39 is 0 Å². The molecule has 0 bridgehead atoms. The highest BCUT2D eigenvalue weighted by atomic mass is 19.1. The number of fused-ring (bicyclic) bond motifs is 1. The molecule has 1 aliphatic rings. The first-order valence-corrected chi connectivity index (χ1v) is 7.62. The summed E-state index contributed by atoms with van der Waals surface area (Å²) >= 11 is 0. The summed E-state index contributed by atoms with van der Waals surface area (Å²) in [7, 11) is 0. The lowest BCUT2D eigenvalue weighted by Crippen LogP contribution is -2.40. The number of aryl methyl sites for hydroxylation is 1. The van der Waals surface area contributed by atoms with Gasteiger partial charge in [-0.05, 0) is 48.6 Å². The molecular formula is C18H19FN2O. The molecule has 0 radical (unpaired) electrons. The largest absolute Gasteiger partial charge is 0.334 e. The lowest BCUT2D eigenvalue weighted by Gasteiger charge is -2.23. The van der Waals surface area contributed by atoms with E-state index in [1.807, 2.05) is 30.3 Å². The van der Waals surface area contributed by atoms with E-state index in [1.54, 1.807) is 11.0 Å². The van der Waals surface area contributed by atoms with Gasteiger partial charge in [0.2, 0.25) is 0 Å². The van der Waals surface area contributed by atoms with E-state index in [0.29, 0.717) is 13.1 Å². The third-order valence-corrected chi connectivity index (χ3v) is 3.94. The van der Waals surface area contributed by atoms with Crippen LogP contribution in [-0.2, 0) is 13.0 Å². The third-order valence-electron chi connectivity index (χ3n) is 3.94. The molecule has 1 heterocycles. The highest BCUT2D eigenvalue weighted by Gasteiger charge is 2.21. The number of carbonyl (C=O) groups is 1. The number of benzene rings is 2. The maximum absolute atomic E-state index is 13.4. The van der Waals surface area contributed by atoms with Crippen LogP contribution < -0.4 is 10.2 Å². The Labute approximate surface area is 129 Å². The number of halogens is 1. The minimum atomic E-state index is -0.245. The van der Waals surface area contributed by atoms with Gasteiger partial charge in [0.1, 0.15) is 5.82 Å². The van der Waals surface area contributed by atoms with E-state index in [-0.39, 0.29) is 11.8 Å². The van der Waals surface area contributed by atoms with Crippen LogP contribution in [0.15, 0.2) is 48.5 Å². The van der Waals surface area contributed by atoms with Crippen molar-refractivity contribution in [3.8, 4) is 0 Å². The molecule has 0 spiro atoms. The van der Waals surface area contributed by atoms with E-state index in [2.05, 4.69) is 5.32 Å². The number of hydrogen-bond donors (Lipinski definition) is 1. The molecule has 0 fully saturated rings. The van der Waals surface area contributed by atoms with E-state index in [4.69, 9.17) is 0 Å². The third kappa shape index (κ3) is 3.27. The van der Waals surface area contributed by atoms with Gasteiger partial charge in [-0.2, -0.15) is 0 Å². The van der Waals surface area contributed by atoms with Crippen LogP contribution in [0.4, 0.5) is 14.9 Å². The maximum atomic E-state index is 13.4. The van der Waals surface area contributed by atoms with Crippen molar-refractivity contribution < 1.29 is 9.18 Å². The molecule has 1 N–H and O–H groups in total. The average molecular weight is 298 g/mol. The van der Waals surface area contributed by atoms with Gasteiger partial charge in [0.05, 0.1) is 0 Å². The van der Waals surface area contributed by atoms with Crippen LogP contribution in [-0.4, -0.2) is 12.6 Å². The molecule has 4 heteroatoms. The Morgan fingerprint density at radius 2 is 1.95 bits per heavy atom. The first-order chi connectivity index (χ1) is 10.7. The standard InChI is InChI=1S/C18H19FN2O/c19-16-9-10-17-15(12-16)8-4-5-11-21(17)18(22)20-13-14-6-2-1-3-7-14/h1-3,6-7,9-10,12H,4-5,8,11,13H2,(H,20,22). The molecule has 0 atom stereocenters. The van der Waals surface area contributed by atoms with Crippen LogP contribution in [0.3, 0.4) is 0 Å². The van der Waals surface area contributed by atoms with Gasteiger partial charge in [-0.1, -0.05) is 30.3 Å². The highest BCUT2D eigenvalue weighted by molar-refractivity contribution is 5.92. The van der Waals surface area contributed by atoms with Crippen molar-refractivity contribution in [1.29, 1.82) is 0 Å². The summed E-state index contributed by atoms with van der Waals surface area (Å²) < 4.78 is 13.4. The second-order valence-corrected chi connectivity index (χ2v) is 5.53. The number of anilines is 1. The summed E-state index contributed by atoms with van der Waals surface area (Å²) in [6, 6.07) is 14.3. The van der Waals surface area contributed by atoms with E-state index in [9.17, 15) is 9.18 Å². The van der Waals surface area contributed by atoms with Gasteiger partial charge < -0.3 is 5.32 Å². The van der Waals surface area contributed by atoms with Crippen LogP contribution >= 0.6 is 0 Å². The van der Waals surface area contributed by atoms with Crippen molar-refractivity contribution in [2.24, 2.45) is 0 Å². The molecule has 2 aromatic rings. The number of urea groups is 1. The molecule has 2 aromatic carbocycles. The van der Waals surface area contributed by atoms with E-state index >= 15 is 0 Å². The fourth-order valence-corrected chi connectivity index (χ4v) is 2.80. The van der Waals surface area contributed by atoms with Crippen molar-refractivity contribution in [2.45, 2.75) is 25.8 Å². The quantitative estimate of drug-likeness (QED) is 0.896. The second kappa shape index (κ2) is 6.60. The SMILES string of the molecule is O=C(NCc1ccccc1)N1CCCCc2cc(F)ccc21. The smallest absolute Gasteiger partial charge is 0.322 e. The number of nitrogens with zero attached hydrogens (tertiary/aromatic N) is 1. The lowest BCUT2D eigenvalue weighted by molar-refractivity contribution is 0.246. The summed E-state index contributed by atoms with van der Waals surface area (Å²) in [4.78, 5) is 14.2. The predicted molar refractivity (Wildman–Crippen MR) is 85.4 cm³/mol. The number of amides is 2. The molecule has 3 nitrogen and oxygen atoms in total. The second-order valence-electron chi connectivity index (χ2n) is 5.53. The Morgan fingerprint density at radius 1 is 1.14 bits per heavy atom. The van der Waals surface area contributed by atoms with Crippen molar-refractivity contribution in [3.05, 3.63) is 65.5 Å². The molecule has 0 aromatic heterocycles. The minimum Gasteiger partial charge on any atom is -0.334 e. The van der Waals surface area contributed by atoms with Gasteiger partial charge >= 0.3 is 6.03 Å². The normalized spacial score (nSPS) is 14.1. The predicted octanol–water partition coefficient (Wildman–Crippen LogP) is 3.88. The zero-order valence-electron chi connectivity index (χ0n) is 12.4. The lowest BCUT2D eigenvalue weighted by atomic mass is 10.1. The topological polar surface area (TPSA) is 32.3 Å². The van der Waals surface area contributed by atoms with Gasteiger partial charge in [0, 0.05) is 18.8 Å². The molecular weight excluding hydrogens is 279 g/mol. The maximum Gasteiger partial charge on any atom is 0.322 e. The first kappa shape index (κ1) is 14.6. The van der Waals surface area contributed by atoms with E-state index in [0.717, 1.165) is 36.1 Å². The Hall–Kier alpha value is -2.36. The van der Waals surface area contributed by atoms with Crippen molar-refractivity contribution in [3.63, 3.8) is 0 Å². The molecule has 0 unspecified atom stereocenters. The molecule has 1 aliphatic heterocycles. The molecule has 0 saturated carbocycles. The van der Waals surface area contributed by atoms with Crippen molar-refractivity contribution in [1.82, 2.24) is 5.32 Å². The first-order valence-electron chi connectivity index (χ1n) is 7.62. The Bertz CT molecular complexity index is 657. The zero-order chi connectivity index (χ0) is 15.4. The van der Waals surface area contributed by atoms with Gasteiger partial charge in [-0.25, -0.2) is 9.18 Å². The summed E-state index contributed by atoms with van der Waals surface area (Å²) in [5.41, 5.74) is 2.79. The van der Waals surface area contributed by atoms with Crippen LogP contribution in [0.25, 0.3) is 0 Å². The van der Waals surface area contributed by atoms with Gasteiger partial charge in [-0.15, -0.1) is 0 Å². The highest BCUT2D eigenvalue weighted by Crippen LogP contribution is 2.27. The Morgan fingerprint density at radius 3 is 2.77 bits per heavy atom. The Kier molecular flexibility index (Phi) is 4.37. The van der Waals surface area contributed by atoms with Crippen LogP contribution in [0.2, 0.25) is 0 Å². The minimum absolute atomic E-state index is 0.126. The molecule has 22 heavy (non-hydrogen) atoms. The molecule has 3 rings (SSSR count). The monoisotopic (exact) mass is 298 g/mol. The molecule has 0 aliphatic carbocycles. The van der Waals surface area contributed by atoms with Gasteiger partial charge in [-0.3, -0.25) is 4.90 Å². The molecule has 2 amide bonds. The van der Waals surface area contributed by atoms with Gasteiger partial charge in [0.15, 0.2) is 0 Å². The summed E-state index contributed by atoms with van der Waals surface area (Å²) in [5, 5.41) is 2.95. The Balaban J connectivity index is 1.75. The number of nitrogens with one attached hydrogen (secondary N) is 1. The summed E-state index contributed by atoms with van der Waals surface area (Å²) in [5.74, 6) is -0.245.